The predicted molar refractivity (Wildman–Crippen MR) is 140 cm³/mol. The molecule has 1 amide bonds. The van der Waals surface area contributed by atoms with Crippen LogP contribution < -0.4 is 5.32 Å². The summed E-state index contributed by atoms with van der Waals surface area (Å²) in [5, 5.41) is 2.06. The molecular formula is C27H26F3NO6S2. The Morgan fingerprint density at radius 1 is 0.949 bits per heavy atom. The Hall–Kier alpha value is -3.22. The van der Waals surface area contributed by atoms with Gasteiger partial charge in [0.1, 0.15) is 0 Å². The van der Waals surface area contributed by atoms with E-state index in [9.17, 15) is 34.8 Å². The fourth-order valence-electron chi connectivity index (χ4n) is 4.17. The summed E-state index contributed by atoms with van der Waals surface area (Å²) < 4.78 is 95.5. The second kappa shape index (κ2) is 10.7. The molecular weight excluding hydrogens is 555 g/mol. The zero-order valence-corrected chi connectivity index (χ0v) is 22.7. The topological polar surface area (TPSA) is 107 Å². The molecule has 12 heteroatoms. The van der Waals surface area contributed by atoms with Crippen LogP contribution >= 0.6 is 0 Å². The minimum Gasteiger partial charge on any atom is -0.384 e. The van der Waals surface area contributed by atoms with Gasteiger partial charge in [0.15, 0.2) is 19.7 Å². The molecule has 0 saturated heterocycles. The van der Waals surface area contributed by atoms with Crippen LogP contribution in [0, 0.1) is 0 Å². The highest BCUT2D eigenvalue weighted by atomic mass is 32.2. The standard InChI is InChI=1S/C27H26F3NO6S2/c1-37-16-24(18-3-8-20(9-4-18)38(2,33)34)26(32)31-19-7-14-23(25(15-19)27(28,29)30)17-5-10-21(11-6-17)39(35,36)22-12-13-22/h3-11,14-15,22,24H,12-13,16H2,1-2H3,(H,31,32)/t24-/m1/s1. The van der Waals surface area contributed by atoms with Crippen LogP contribution in [0.5, 0.6) is 0 Å². The van der Waals surface area contributed by atoms with Gasteiger partial charge in [0.05, 0.1) is 33.1 Å². The van der Waals surface area contributed by atoms with Gasteiger partial charge in [-0.05, 0) is 65.9 Å². The number of rotatable bonds is 9. The Labute approximate surface area is 224 Å². The average molecular weight is 582 g/mol. The van der Waals surface area contributed by atoms with Crippen molar-refractivity contribution in [1.82, 2.24) is 0 Å². The van der Waals surface area contributed by atoms with Crippen molar-refractivity contribution < 1.29 is 39.5 Å². The van der Waals surface area contributed by atoms with Crippen molar-refractivity contribution in [2.75, 3.05) is 25.3 Å². The van der Waals surface area contributed by atoms with Gasteiger partial charge in [0, 0.05) is 19.1 Å². The van der Waals surface area contributed by atoms with Gasteiger partial charge in [-0.25, -0.2) is 16.8 Å². The first-order valence-electron chi connectivity index (χ1n) is 11.9. The van der Waals surface area contributed by atoms with Gasteiger partial charge in [0.2, 0.25) is 5.91 Å². The minimum atomic E-state index is -4.76. The van der Waals surface area contributed by atoms with E-state index < -0.39 is 48.5 Å². The van der Waals surface area contributed by atoms with Crippen LogP contribution in [0.1, 0.15) is 29.9 Å². The minimum absolute atomic E-state index is 0.0615. The molecule has 0 aliphatic heterocycles. The molecule has 1 atom stereocenters. The zero-order chi connectivity index (χ0) is 28.6. The van der Waals surface area contributed by atoms with Crippen molar-refractivity contribution >= 4 is 31.3 Å². The quantitative estimate of drug-likeness (QED) is 0.378. The lowest BCUT2D eigenvalue weighted by Gasteiger charge is -2.19. The molecule has 0 spiro atoms. The number of carbonyl (C=O) groups is 1. The van der Waals surface area contributed by atoms with E-state index in [-0.39, 0.29) is 33.2 Å². The molecule has 7 nitrogen and oxygen atoms in total. The lowest BCUT2D eigenvalue weighted by atomic mass is 9.97. The maximum absolute atomic E-state index is 14.0. The second-order valence-electron chi connectivity index (χ2n) is 9.37. The van der Waals surface area contributed by atoms with Gasteiger partial charge in [-0.1, -0.05) is 30.3 Å². The number of hydrogen-bond donors (Lipinski definition) is 1. The molecule has 0 aromatic heterocycles. The number of halogens is 3. The van der Waals surface area contributed by atoms with Gasteiger partial charge < -0.3 is 10.1 Å². The number of carbonyl (C=O) groups excluding carboxylic acids is 1. The molecule has 1 fully saturated rings. The molecule has 1 saturated carbocycles. The van der Waals surface area contributed by atoms with E-state index in [0.717, 1.165) is 12.3 Å². The third-order valence-electron chi connectivity index (χ3n) is 6.41. The van der Waals surface area contributed by atoms with Crippen molar-refractivity contribution in [2.45, 2.75) is 40.0 Å². The number of anilines is 1. The smallest absolute Gasteiger partial charge is 0.384 e. The summed E-state index contributed by atoms with van der Waals surface area (Å²) >= 11 is 0. The number of ether oxygens (including phenoxy) is 1. The molecule has 4 rings (SSSR count). The molecule has 0 heterocycles. The molecule has 0 bridgehead atoms. The fraction of sp³-hybridized carbons (Fsp3) is 0.296. The van der Waals surface area contributed by atoms with E-state index in [1.54, 1.807) is 0 Å². The van der Waals surface area contributed by atoms with Gasteiger partial charge in [-0.3, -0.25) is 4.79 Å². The van der Waals surface area contributed by atoms with Gasteiger partial charge in [0.25, 0.3) is 0 Å². The van der Waals surface area contributed by atoms with Crippen LogP contribution in [0.25, 0.3) is 11.1 Å². The van der Waals surface area contributed by atoms with Crippen molar-refractivity contribution in [3.05, 3.63) is 77.9 Å². The van der Waals surface area contributed by atoms with E-state index in [1.165, 1.54) is 67.8 Å². The molecule has 1 aliphatic carbocycles. The highest BCUT2D eigenvalue weighted by molar-refractivity contribution is 7.92. The first-order chi connectivity index (χ1) is 18.2. The summed E-state index contributed by atoms with van der Waals surface area (Å²) in [5.74, 6) is -1.56. The SMILES string of the molecule is COC[C@@H](C(=O)Nc1ccc(-c2ccc(S(=O)(=O)C3CC3)cc2)c(C(F)(F)F)c1)c1ccc(S(C)(=O)=O)cc1. The summed E-state index contributed by atoms with van der Waals surface area (Å²) in [5.41, 5.74) is -0.661. The number of amides is 1. The molecule has 1 aliphatic rings. The van der Waals surface area contributed by atoms with Gasteiger partial charge in [-0.15, -0.1) is 0 Å². The molecule has 3 aromatic carbocycles. The molecule has 39 heavy (non-hydrogen) atoms. The van der Waals surface area contributed by atoms with Crippen molar-refractivity contribution in [2.24, 2.45) is 0 Å². The predicted octanol–water partition coefficient (Wildman–Crippen LogP) is 5.08. The highest BCUT2D eigenvalue weighted by Crippen LogP contribution is 2.40. The first kappa shape index (κ1) is 28.8. The third kappa shape index (κ3) is 6.51. The number of nitrogens with one attached hydrogen (secondary N) is 1. The Morgan fingerprint density at radius 2 is 1.54 bits per heavy atom. The van der Waals surface area contributed by atoms with Crippen LogP contribution in [0.2, 0.25) is 0 Å². The van der Waals surface area contributed by atoms with Crippen LogP contribution in [-0.2, 0) is 35.4 Å². The van der Waals surface area contributed by atoms with Gasteiger partial charge in [-0.2, -0.15) is 13.2 Å². The first-order valence-corrected chi connectivity index (χ1v) is 15.3. The Bertz CT molecular complexity index is 1580. The normalized spacial score (nSPS) is 15.1. The molecule has 0 unspecified atom stereocenters. The van der Waals surface area contributed by atoms with E-state index >= 15 is 0 Å². The van der Waals surface area contributed by atoms with Crippen LogP contribution in [0.3, 0.4) is 0 Å². The van der Waals surface area contributed by atoms with Crippen molar-refractivity contribution in [1.29, 1.82) is 0 Å². The highest BCUT2D eigenvalue weighted by Gasteiger charge is 2.37. The van der Waals surface area contributed by atoms with E-state index in [4.69, 9.17) is 4.74 Å². The average Bonchev–Trinajstić information content (AvgIpc) is 3.73. The summed E-state index contributed by atoms with van der Waals surface area (Å²) in [6.07, 6.45) is -2.56. The van der Waals surface area contributed by atoms with E-state index in [2.05, 4.69) is 5.32 Å². The summed E-state index contributed by atoms with van der Waals surface area (Å²) in [7, 11) is -5.57. The third-order valence-corrected chi connectivity index (χ3v) is 9.82. The fourth-order valence-corrected chi connectivity index (χ4v) is 6.46. The molecule has 3 aromatic rings. The van der Waals surface area contributed by atoms with Crippen LogP contribution in [0.15, 0.2) is 76.5 Å². The zero-order valence-electron chi connectivity index (χ0n) is 21.0. The Morgan fingerprint density at radius 3 is 2.05 bits per heavy atom. The maximum Gasteiger partial charge on any atom is 0.417 e. The summed E-state index contributed by atoms with van der Waals surface area (Å²) in [4.78, 5) is 13.2. The number of hydrogen-bond acceptors (Lipinski definition) is 6. The molecule has 208 valence electrons. The lowest BCUT2D eigenvalue weighted by molar-refractivity contribution is -0.137. The number of alkyl halides is 3. The Kier molecular flexibility index (Phi) is 7.93. The monoisotopic (exact) mass is 581 g/mol. The van der Waals surface area contributed by atoms with Crippen LogP contribution in [0.4, 0.5) is 18.9 Å². The summed E-state index contributed by atoms with van der Waals surface area (Å²) in [6.45, 7) is -0.0929. The second-order valence-corrected chi connectivity index (χ2v) is 13.6. The van der Waals surface area contributed by atoms with E-state index in [1.807, 2.05) is 0 Å². The largest absolute Gasteiger partial charge is 0.417 e. The lowest BCUT2D eigenvalue weighted by Crippen LogP contribution is -2.25. The van der Waals surface area contributed by atoms with Crippen molar-refractivity contribution in [3.63, 3.8) is 0 Å². The molecule has 1 N–H and O–H groups in total. The van der Waals surface area contributed by atoms with Crippen LogP contribution in [-0.4, -0.2) is 48.0 Å². The molecule has 0 radical (unpaired) electrons. The maximum atomic E-state index is 14.0. The Balaban J connectivity index is 1.61. The number of benzene rings is 3. The van der Waals surface area contributed by atoms with Gasteiger partial charge >= 0.3 is 6.18 Å². The number of methoxy groups -OCH3 is 1. The van der Waals surface area contributed by atoms with Crippen molar-refractivity contribution in [3.8, 4) is 11.1 Å². The summed E-state index contributed by atoms with van der Waals surface area (Å²) in [6, 6.07) is 14.3. The number of sulfone groups is 2. The van der Waals surface area contributed by atoms with E-state index in [0.29, 0.717) is 18.4 Å².